The Morgan fingerprint density at radius 1 is 0.929 bits per heavy atom. The Labute approximate surface area is 246 Å². The Balaban J connectivity index is 1.63. The van der Waals surface area contributed by atoms with Crippen molar-refractivity contribution >= 4 is 43.2 Å². The molecule has 0 N–H and O–H groups in total. The fraction of sp³-hybridized carbons (Fsp3) is 0.0741. The topological polar surface area (TPSA) is 131 Å². The van der Waals surface area contributed by atoms with Crippen LogP contribution in [-0.2, 0) is 11.9 Å². The molecule has 0 amide bonds. The van der Waals surface area contributed by atoms with Crippen molar-refractivity contribution in [3.8, 4) is 22.1 Å². The second-order valence-electron chi connectivity index (χ2n) is 8.94. The van der Waals surface area contributed by atoms with Gasteiger partial charge in [0.05, 0.1) is 16.9 Å². The maximum Gasteiger partial charge on any atom is 0.338 e. The number of hydrogen-bond donors (Lipinski definition) is 0. The molecule has 0 unspecified atom stereocenters. The molecule has 0 spiro atoms. The highest BCUT2D eigenvalue weighted by molar-refractivity contribution is 9.08. The van der Waals surface area contributed by atoms with Gasteiger partial charge in [0.2, 0.25) is 0 Å². The van der Waals surface area contributed by atoms with E-state index in [1.54, 1.807) is 18.5 Å². The number of thiophene rings is 1. The Morgan fingerprint density at radius 2 is 1.62 bits per heavy atom. The normalized spacial score (nSPS) is 11.3. The molecule has 0 aliphatic rings. The summed E-state index contributed by atoms with van der Waals surface area (Å²) in [5.41, 5.74) is -1.02. The van der Waals surface area contributed by atoms with Crippen molar-refractivity contribution in [3.05, 3.63) is 127 Å². The van der Waals surface area contributed by atoms with E-state index in [9.17, 15) is 28.5 Å². The number of halogens is 3. The van der Waals surface area contributed by atoms with Gasteiger partial charge in [0.15, 0.2) is 11.6 Å². The van der Waals surface area contributed by atoms with Crippen LogP contribution in [0, 0.1) is 21.7 Å². The van der Waals surface area contributed by atoms with Gasteiger partial charge in [-0.05, 0) is 53.6 Å². The molecule has 4 heterocycles. The number of hydrogen-bond acceptors (Lipinski definition) is 8. The van der Waals surface area contributed by atoms with Crippen LogP contribution >= 0.6 is 27.3 Å². The third-order valence-electron chi connectivity index (χ3n) is 6.53. The molecule has 42 heavy (non-hydrogen) atoms. The SMILES string of the molecule is O=c1c2c(CBr)c(-c3ccc([N+](=O)[O-])cc3)sc2n(Cc2c(F)cccc2F)c(=O)n1-c1ccc(-n2cccn2)nn1. The minimum Gasteiger partial charge on any atom is -0.279 e. The van der Waals surface area contributed by atoms with Crippen LogP contribution < -0.4 is 11.2 Å². The summed E-state index contributed by atoms with van der Waals surface area (Å²) in [6.07, 6.45) is 3.20. The van der Waals surface area contributed by atoms with Crippen molar-refractivity contribution in [2.24, 2.45) is 0 Å². The lowest BCUT2D eigenvalue weighted by molar-refractivity contribution is -0.384. The Hall–Kier alpha value is -4.89. The smallest absolute Gasteiger partial charge is 0.279 e. The predicted molar refractivity (Wildman–Crippen MR) is 155 cm³/mol. The van der Waals surface area contributed by atoms with Gasteiger partial charge in [-0.3, -0.25) is 19.5 Å². The summed E-state index contributed by atoms with van der Waals surface area (Å²) < 4.78 is 32.9. The summed E-state index contributed by atoms with van der Waals surface area (Å²) in [4.78, 5) is 39.3. The van der Waals surface area contributed by atoms with E-state index < -0.39 is 34.4 Å². The van der Waals surface area contributed by atoms with Crippen LogP contribution in [0.3, 0.4) is 0 Å². The first-order valence-electron chi connectivity index (χ1n) is 12.2. The molecule has 15 heteroatoms. The van der Waals surface area contributed by atoms with Crippen molar-refractivity contribution in [1.29, 1.82) is 0 Å². The number of benzene rings is 2. The van der Waals surface area contributed by atoms with Crippen molar-refractivity contribution in [2.75, 3.05) is 0 Å². The molecule has 0 saturated carbocycles. The van der Waals surface area contributed by atoms with Crippen LogP contribution in [0.15, 0.2) is 82.6 Å². The zero-order valence-corrected chi connectivity index (χ0v) is 23.6. The van der Waals surface area contributed by atoms with Crippen LogP contribution in [0.4, 0.5) is 14.5 Å². The minimum absolute atomic E-state index is 0.103. The molecule has 0 aliphatic heterocycles. The number of fused-ring (bicyclic) bond motifs is 1. The summed E-state index contributed by atoms with van der Waals surface area (Å²) in [5.74, 6) is -1.48. The van der Waals surface area contributed by atoms with Crippen LogP contribution in [0.25, 0.3) is 32.3 Å². The molecule has 6 aromatic rings. The maximum absolute atomic E-state index is 14.8. The number of non-ortho nitro benzene ring substituents is 1. The van der Waals surface area contributed by atoms with Gasteiger partial charge < -0.3 is 0 Å². The lowest BCUT2D eigenvalue weighted by Crippen LogP contribution is -2.39. The van der Waals surface area contributed by atoms with Gasteiger partial charge in [0, 0.05) is 40.3 Å². The molecule has 0 atom stereocenters. The first-order valence-corrected chi connectivity index (χ1v) is 14.1. The number of nitrogens with zero attached hydrogens (tertiary/aromatic N) is 7. The largest absolute Gasteiger partial charge is 0.338 e. The number of rotatable bonds is 7. The second kappa shape index (κ2) is 10.8. The molecular formula is C27H16BrF2N7O4S. The zero-order valence-electron chi connectivity index (χ0n) is 21.1. The van der Waals surface area contributed by atoms with Gasteiger partial charge in [-0.15, -0.1) is 21.5 Å². The van der Waals surface area contributed by atoms with Crippen molar-refractivity contribution in [3.63, 3.8) is 0 Å². The summed E-state index contributed by atoms with van der Waals surface area (Å²) in [6, 6.07) is 13.7. The molecule has 0 saturated heterocycles. The van der Waals surface area contributed by atoms with E-state index in [1.165, 1.54) is 47.1 Å². The highest BCUT2D eigenvalue weighted by Crippen LogP contribution is 2.39. The average molecular weight is 652 g/mol. The van der Waals surface area contributed by atoms with E-state index in [0.29, 0.717) is 21.8 Å². The van der Waals surface area contributed by atoms with E-state index in [2.05, 4.69) is 31.2 Å². The summed E-state index contributed by atoms with van der Waals surface area (Å²) in [5, 5.41) is 23.7. The van der Waals surface area contributed by atoms with Crippen molar-refractivity contribution in [1.82, 2.24) is 29.1 Å². The Bertz CT molecular complexity index is 2070. The average Bonchev–Trinajstić information content (AvgIpc) is 3.66. The van der Waals surface area contributed by atoms with Gasteiger partial charge in [0.1, 0.15) is 16.5 Å². The monoisotopic (exact) mass is 651 g/mol. The van der Waals surface area contributed by atoms with Crippen LogP contribution in [0.1, 0.15) is 11.1 Å². The molecule has 0 aliphatic carbocycles. The molecule has 0 bridgehead atoms. The lowest BCUT2D eigenvalue weighted by atomic mass is 10.1. The highest BCUT2D eigenvalue weighted by Gasteiger charge is 2.25. The number of nitro groups is 1. The van der Waals surface area contributed by atoms with Gasteiger partial charge in [0.25, 0.3) is 11.2 Å². The van der Waals surface area contributed by atoms with Gasteiger partial charge in [-0.1, -0.05) is 22.0 Å². The maximum atomic E-state index is 14.8. The summed E-state index contributed by atoms with van der Waals surface area (Å²) in [6.45, 7) is -0.519. The quantitative estimate of drug-likeness (QED) is 0.135. The van der Waals surface area contributed by atoms with E-state index in [0.717, 1.165) is 32.6 Å². The third kappa shape index (κ3) is 4.61. The standard InChI is InChI=1S/C27H16BrF2N7O4S/c28-13-17-23-25(38)36(22-10-9-21(32-33-22)35-12-2-11-31-35)27(39)34(14-18-19(29)3-1-4-20(18)30)26(23)42-24(17)15-5-7-16(8-6-15)37(40)41/h1-12H,13-14H2. The first-order chi connectivity index (χ1) is 20.3. The van der Waals surface area contributed by atoms with Gasteiger partial charge in [-0.25, -0.2) is 22.8 Å². The lowest BCUT2D eigenvalue weighted by Gasteiger charge is -2.13. The zero-order chi connectivity index (χ0) is 29.5. The number of alkyl halides is 1. The molecule has 11 nitrogen and oxygen atoms in total. The fourth-order valence-electron chi connectivity index (χ4n) is 4.51. The fourth-order valence-corrected chi connectivity index (χ4v) is 6.57. The highest BCUT2D eigenvalue weighted by atomic mass is 79.9. The molecule has 2 aromatic carbocycles. The number of aromatic nitrogens is 6. The summed E-state index contributed by atoms with van der Waals surface area (Å²) >= 11 is 4.49. The molecule has 6 rings (SSSR count). The molecule has 210 valence electrons. The molecule has 0 radical (unpaired) electrons. The van der Waals surface area contributed by atoms with Gasteiger partial charge in [-0.2, -0.15) is 5.10 Å². The Morgan fingerprint density at radius 3 is 2.21 bits per heavy atom. The molecule has 0 fully saturated rings. The Kier molecular flexibility index (Phi) is 7.04. The molecular weight excluding hydrogens is 636 g/mol. The van der Waals surface area contributed by atoms with E-state index in [1.807, 2.05) is 0 Å². The molecule has 4 aromatic heterocycles. The van der Waals surface area contributed by atoms with Crippen molar-refractivity contribution in [2.45, 2.75) is 11.9 Å². The van der Waals surface area contributed by atoms with Crippen LogP contribution in [-0.4, -0.2) is 34.0 Å². The van der Waals surface area contributed by atoms with Crippen LogP contribution in [0.5, 0.6) is 0 Å². The van der Waals surface area contributed by atoms with Crippen molar-refractivity contribution < 1.29 is 13.7 Å². The van der Waals surface area contributed by atoms with Gasteiger partial charge >= 0.3 is 5.69 Å². The number of nitro benzene ring substituents is 1. The third-order valence-corrected chi connectivity index (χ3v) is 8.39. The minimum atomic E-state index is -0.881. The van der Waals surface area contributed by atoms with E-state index in [-0.39, 0.29) is 32.6 Å². The van der Waals surface area contributed by atoms with E-state index in [4.69, 9.17) is 0 Å². The first kappa shape index (κ1) is 27.3. The summed E-state index contributed by atoms with van der Waals surface area (Å²) in [7, 11) is 0. The second-order valence-corrected chi connectivity index (χ2v) is 10.5. The van der Waals surface area contributed by atoms with Crippen LogP contribution in [0.2, 0.25) is 0 Å². The van der Waals surface area contributed by atoms with E-state index >= 15 is 0 Å². The predicted octanol–water partition coefficient (Wildman–Crippen LogP) is 4.99.